The number of halogens is 1. The van der Waals surface area contributed by atoms with Crippen molar-refractivity contribution in [3.63, 3.8) is 0 Å². The SMILES string of the molecule is CC1CCCN(C(=O)C=Cc2c(Cl)nc3sccn23)C1. The van der Waals surface area contributed by atoms with E-state index < -0.39 is 0 Å². The van der Waals surface area contributed by atoms with Gasteiger partial charge in [0.05, 0.1) is 5.69 Å². The van der Waals surface area contributed by atoms with Crippen LogP contribution >= 0.6 is 22.9 Å². The molecule has 1 atom stereocenters. The van der Waals surface area contributed by atoms with Gasteiger partial charge in [-0.2, -0.15) is 0 Å². The molecule has 1 aliphatic heterocycles. The van der Waals surface area contributed by atoms with E-state index in [1.807, 2.05) is 20.9 Å². The molecule has 0 aromatic carbocycles. The summed E-state index contributed by atoms with van der Waals surface area (Å²) in [5, 5.41) is 2.39. The lowest BCUT2D eigenvalue weighted by molar-refractivity contribution is -0.127. The minimum atomic E-state index is 0.0535. The second-order valence-corrected chi connectivity index (χ2v) is 6.44. The third-order valence-corrected chi connectivity index (χ3v) is 4.64. The van der Waals surface area contributed by atoms with Gasteiger partial charge >= 0.3 is 0 Å². The lowest BCUT2D eigenvalue weighted by Gasteiger charge is -2.30. The Hall–Kier alpha value is -1.33. The highest BCUT2D eigenvalue weighted by molar-refractivity contribution is 7.15. The van der Waals surface area contributed by atoms with Gasteiger partial charge in [0.25, 0.3) is 0 Å². The van der Waals surface area contributed by atoms with Crippen LogP contribution in [0.4, 0.5) is 0 Å². The fourth-order valence-corrected chi connectivity index (χ4v) is 3.58. The van der Waals surface area contributed by atoms with E-state index in [1.165, 1.54) is 17.8 Å². The third kappa shape index (κ3) is 2.60. The Labute approximate surface area is 126 Å². The molecule has 0 saturated carbocycles. The van der Waals surface area contributed by atoms with Crippen molar-refractivity contribution in [2.45, 2.75) is 19.8 Å². The van der Waals surface area contributed by atoms with Gasteiger partial charge in [0, 0.05) is 30.7 Å². The van der Waals surface area contributed by atoms with Gasteiger partial charge in [0.15, 0.2) is 10.1 Å². The van der Waals surface area contributed by atoms with Gasteiger partial charge < -0.3 is 4.90 Å². The van der Waals surface area contributed by atoms with Gasteiger partial charge in [-0.15, -0.1) is 11.3 Å². The molecule has 4 nitrogen and oxygen atoms in total. The molecule has 1 aliphatic rings. The Morgan fingerprint density at radius 3 is 3.25 bits per heavy atom. The Bertz CT molecular complexity index is 660. The number of piperidine rings is 1. The molecule has 1 fully saturated rings. The van der Waals surface area contributed by atoms with Crippen LogP contribution in [0.5, 0.6) is 0 Å². The predicted molar refractivity (Wildman–Crippen MR) is 82.1 cm³/mol. The van der Waals surface area contributed by atoms with Gasteiger partial charge in [-0.25, -0.2) is 4.98 Å². The van der Waals surface area contributed by atoms with Gasteiger partial charge in [-0.1, -0.05) is 18.5 Å². The van der Waals surface area contributed by atoms with Crippen LogP contribution in [0.2, 0.25) is 5.15 Å². The summed E-state index contributed by atoms with van der Waals surface area (Å²) < 4.78 is 1.90. The molecule has 20 heavy (non-hydrogen) atoms. The van der Waals surface area contributed by atoms with Crippen LogP contribution in [0.1, 0.15) is 25.5 Å². The highest BCUT2D eigenvalue weighted by Gasteiger charge is 2.19. The van der Waals surface area contributed by atoms with E-state index >= 15 is 0 Å². The zero-order chi connectivity index (χ0) is 14.1. The van der Waals surface area contributed by atoms with Crippen molar-refractivity contribution in [1.82, 2.24) is 14.3 Å². The molecule has 0 radical (unpaired) electrons. The van der Waals surface area contributed by atoms with Crippen molar-refractivity contribution in [2.24, 2.45) is 5.92 Å². The monoisotopic (exact) mass is 309 g/mol. The first-order chi connectivity index (χ1) is 9.65. The van der Waals surface area contributed by atoms with E-state index in [9.17, 15) is 4.79 Å². The maximum Gasteiger partial charge on any atom is 0.246 e. The molecule has 3 heterocycles. The lowest BCUT2D eigenvalue weighted by atomic mass is 10.0. The zero-order valence-corrected chi connectivity index (χ0v) is 12.8. The number of carbonyl (C=O) groups excluding carboxylic acids is 1. The molecule has 6 heteroatoms. The first-order valence-corrected chi connectivity index (χ1v) is 7.99. The number of aromatic nitrogens is 2. The number of imidazole rings is 1. The topological polar surface area (TPSA) is 37.6 Å². The number of hydrogen-bond acceptors (Lipinski definition) is 3. The first-order valence-electron chi connectivity index (χ1n) is 6.73. The minimum Gasteiger partial charge on any atom is -0.339 e. The van der Waals surface area contributed by atoms with Crippen molar-refractivity contribution in [3.05, 3.63) is 28.5 Å². The summed E-state index contributed by atoms with van der Waals surface area (Å²) in [6.45, 7) is 3.88. The third-order valence-electron chi connectivity index (χ3n) is 3.61. The summed E-state index contributed by atoms with van der Waals surface area (Å²) in [6.07, 6.45) is 7.56. The second kappa shape index (κ2) is 5.58. The first kappa shape index (κ1) is 13.6. The van der Waals surface area contributed by atoms with Crippen LogP contribution in [0.15, 0.2) is 17.7 Å². The van der Waals surface area contributed by atoms with E-state index in [1.54, 1.807) is 12.2 Å². The lowest BCUT2D eigenvalue weighted by Crippen LogP contribution is -2.38. The molecule has 106 valence electrons. The normalized spacial score (nSPS) is 20.1. The minimum absolute atomic E-state index is 0.0535. The van der Waals surface area contributed by atoms with Crippen LogP contribution in [0.3, 0.4) is 0 Å². The molecule has 0 bridgehead atoms. The zero-order valence-electron chi connectivity index (χ0n) is 11.3. The summed E-state index contributed by atoms with van der Waals surface area (Å²) in [5.74, 6) is 0.640. The quantitative estimate of drug-likeness (QED) is 0.798. The Morgan fingerprint density at radius 1 is 1.60 bits per heavy atom. The second-order valence-electron chi connectivity index (χ2n) is 5.21. The van der Waals surface area contributed by atoms with E-state index in [4.69, 9.17) is 11.6 Å². The maximum atomic E-state index is 12.2. The molecular weight excluding hydrogens is 294 g/mol. The molecule has 0 aliphatic carbocycles. The van der Waals surface area contributed by atoms with Gasteiger partial charge in [0.1, 0.15) is 0 Å². The smallest absolute Gasteiger partial charge is 0.246 e. The molecule has 1 unspecified atom stereocenters. The van der Waals surface area contributed by atoms with E-state index in [0.717, 1.165) is 30.2 Å². The number of fused-ring (bicyclic) bond motifs is 1. The highest BCUT2D eigenvalue weighted by Crippen LogP contribution is 2.22. The Balaban J connectivity index is 1.78. The summed E-state index contributed by atoms with van der Waals surface area (Å²) in [6, 6.07) is 0. The number of amides is 1. The standard InChI is InChI=1S/C14H16ClN3OS/c1-10-3-2-6-17(9-10)12(19)5-4-11-13(15)16-14-18(11)7-8-20-14/h4-5,7-8,10H,2-3,6,9H2,1H3. The average Bonchev–Trinajstić information content (AvgIpc) is 2.97. The molecule has 3 rings (SSSR count). The number of thiazole rings is 1. The van der Waals surface area contributed by atoms with E-state index in [2.05, 4.69) is 11.9 Å². The van der Waals surface area contributed by atoms with Crippen LogP contribution in [-0.2, 0) is 4.79 Å². The maximum absolute atomic E-state index is 12.2. The molecule has 2 aromatic rings. The molecule has 0 spiro atoms. The molecule has 1 saturated heterocycles. The number of carbonyl (C=O) groups is 1. The predicted octanol–water partition coefficient (Wildman–Crippen LogP) is 3.32. The van der Waals surface area contributed by atoms with Crippen LogP contribution in [-0.4, -0.2) is 33.3 Å². The van der Waals surface area contributed by atoms with E-state index in [-0.39, 0.29) is 5.91 Å². The van der Waals surface area contributed by atoms with E-state index in [0.29, 0.717) is 11.1 Å². The number of hydrogen-bond donors (Lipinski definition) is 0. The molecule has 2 aromatic heterocycles. The molecule has 0 N–H and O–H groups in total. The average molecular weight is 310 g/mol. The summed E-state index contributed by atoms with van der Waals surface area (Å²) in [5.41, 5.74) is 0.765. The van der Waals surface area contributed by atoms with Crippen molar-refractivity contribution in [3.8, 4) is 0 Å². The fraction of sp³-hybridized carbons (Fsp3) is 0.429. The highest BCUT2D eigenvalue weighted by atomic mass is 35.5. The van der Waals surface area contributed by atoms with Crippen LogP contribution in [0.25, 0.3) is 11.0 Å². The Morgan fingerprint density at radius 2 is 2.45 bits per heavy atom. The number of likely N-dealkylation sites (tertiary alicyclic amines) is 1. The fourth-order valence-electron chi connectivity index (χ4n) is 2.57. The van der Waals surface area contributed by atoms with Gasteiger partial charge in [-0.3, -0.25) is 9.20 Å². The number of rotatable bonds is 2. The summed E-state index contributed by atoms with van der Waals surface area (Å²) >= 11 is 7.62. The number of nitrogens with zero attached hydrogens (tertiary/aromatic N) is 3. The van der Waals surface area contributed by atoms with Gasteiger partial charge in [-0.05, 0) is 24.8 Å². The summed E-state index contributed by atoms with van der Waals surface area (Å²) in [7, 11) is 0. The summed E-state index contributed by atoms with van der Waals surface area (Å²) in [4.78, 5) is 19.2. The van der Waals surface area contributed by atoms with Crippen molar-refractivity contribution in [2.75, 3.05) is 13.1 Å². The van der Waals surface area contributed by atoms with Crippen molar-refractivity contribution < 1.29 is 4.79 Å². The Kier molecular flexibility index (Phi) is 3.81. The van der Waals surface area contributed by atoms with Crippen molar-refractivity contribution in [1.29, 1.82) is 0 Å². The van der Waals surface area contributed by atoms with Crippen LogP contribution < -0.4 is 0 Å². The van der Waals surface area contributed by atoms with Gasteiger partial charge in [0.2, 0.25) is 5.91 Å². The molecular formula is C14H16ClN3OS. The largest absolute Gasteiger partial charge is 0.339 e. The van der Waals surface area contributed by atoms with Crippen LogP contribution in [0, 0.1) is 5.92 Å². The van der Waals surface area contributed by atoms with Crippen molar-refractivity contribution >= 4 is 39.9 Å². The molecule has 1 amide bonds.